The van der Waals surface area contributed by atoms with Crippen LogP contribution in [0.15, 0.2) is 27.4 Å². The number of hydrogen-bond acceptors (Lipinski definition) is 9. The quantitative estimate of drug-likeness (QED) is 0.639. The van der Waals surface area contributed by atoms with Crippen LogP contribution in [0.25, 0.3) is 22.3 Å². The normalized spacial score (nSPS) is 10.7. The fourth-order valence-electron chi connectivity index (χ4n) is 3.03. The molecule has 9 nitrogen and oxygen atoms in total. The van der Waals surface area contributed by atoms with Crippen LogP contribution in [0.2, 0.25) is 0 Å². The lowest BCUT2D eigenvalue weighted by molar-refractivity contribution is 0.334. The van der Waals surface area contributed by atoms with Crippen LogP contribution in [-0.2, 0) is 0 Å². The summed E-state index contributed by atoms with van der Waals surface area (Å²) < 4.78 is 31.8. The van der Waals surface area contributed by atoms with Crippen molar-refractivity contribution in [1.82, 2.24) is 0 Å². The molecule has 3 aromatic rings. The molecular weight excluding hydrogens is 384 g/mol. The van der Waals surface area contributed by atoms with E-state index in [1.807, 2.05) is 0 Å². The van der Waals surface area contributed by atoms with Crippen LogP contribution in [0.3, 0.4) is 0 Å². The lowest BCUT2D eigenvalue weighted by atomic mass is 10.1. The second-order valence-corrected chi connectivity index (χ2v) is 5.86. The zero-order valence-corrected chi connectivity index (χ0v) is 16.5. The molecule has 3 rings (SSSR count). The van der Waals surface area contributed by atoms with Gasteiger partial charge in [0.05, 0.1) is 35.5 Å². The molecule has 0 atom stereocenters. The van der Waals surface area contributed by atoms with Gasteiger partial charge in [-0.15, -0.1) is 0 Å². The molecule has 0 amide bonds. The summed E-state index contributed by atoms with van der Waals surface area (Å²) in [6.07, 6.45) is 0. The summed E-state index contributed by atoms with van der Waals surface area (Å²) in [4.78, 5) is 13.1. The van der Waals surface area contributed by atoms with Crippen molar-refractivity contribution in [3.05, 3.63) is 28.4 Å². The molecule has 2 N–H and O–H groups in total. The molecule has 1 aromatic heterocycles. The minimum absolute atomic E-state index is 0.00456. The third kappa shape index (κ3) is 3.10. The average molecular weight is 404 g/mol. The maximum atomic E-state index is 13.1. The predicted molar refractivity (Wildman–Crippen MR) is 104 cm³/mol. The van der Waals surface area contributed by atoms with E-state index in [1.165, 1.54) is 53.7 Å². The third-order valence-electron chi connectivity index (χ3n) is 4.41. The highest BCUT2D eigenvalue weighted by Crippen LogP contribution is 2.46. The van der Waals surface area contributed by atoms with Gasteiger partial charge in [0, 0.05) is 11.6 Å². The lowest BCUT2D eigenvalue weighted by Crippen LogP contribution is -2.08. The Morgan fingerprint density at radius 3 is 1.76 bits per heavy atom. The van der Waals surface area contributed by atoms with Crippen LogP contribution >= 0.6 is 0 Å². The van der Waals surface area contributed by atoms with E-state index in [0.717, 1.165) is 0 Å². The highest BCUT2D eigenvalue weighted by molar-refractivity contribution is 5.91. The van der Waals surface area contributed by atoms with Gasteiger partial charge in [0.15, 0.2) is 28.8 Å². The Hall–Kier alpha value is -3.75. The second-order valence-electron chi connectivity index (χ2n) is 5.86. The summed E-state index contributed by atoms with van der Waals surface area (Å²) in [6, 6.07) is 4.35. The van der Waals surface area contributed by atoms with Gasteiger partial charge in [0.2, 0.25) is 22.7 Å². The molecule has 1 heterocycles. The minimum atomic E-state index is -0.617. The Kier molecular flexibility index (Phi) is 5.31. The SMILES string of the molecule is COc1cc(-c2oc3cc(OC)c(OC)c(O)c3c(=O)c2OC)cc(OC)c1O. The van der Waals surface area contributed by atoms with Gasteiger partial charge in [0.25, 0.3) is 0 Å². The topological polar surface area (TPSA) is 117 Å². The molecule has 0 fully saturated rings. The number of aromatic hydroxyl groups is 2. The summed E-state index contributed by atoms with van der Waals surface area (Å²) in [6.45, 7) is 0. The van der Waals surface area contributed by atoms with Crippen molar-refractivity contribution >= 4 is 11.0 Å². The standard InChI is InChI=1S/C20H20O9/c1-24-11-6-9(7-12(25-2)15(11)21)18-20(28-5)17(23)14-10(29-18)8-13(26-3)19(27-4)16(14)22/h6-8,21-22H,1-5H3. The molecule has 0 aliphatic heterocycles. The van der Waals surface area contributed by atoms with Crippen LogP contribution in [0, 0.1) is 0 Å². The van der Waals surface area contributed by atoms with Crippen LogP contribution < -0.4 is 29.1 Å². The van der Waals surface area contributed by atoms with E-state index in [2.05, 4.69) is 0 Å². The molecule has 0 bridgehead atoms. The average Bonchev–Trinajstić information content (AvgIpc) is 2.73. The first-order chi connectivity index (χ1) is 13.9. The molecule has 154 valence electrons. The summed E-state index contributed by atoms with van der Waals surface area (Å²) in [5.74, 6) is -0.347. The summed E-state index contributed by atoms with van der Waals surface area (Å²) in [5, 5.41) is 20.5. The van der Waals surface area contributed by atoms with E-state index < -0.39 is 11.2 Å². The number of methoxy groups -OCH3 is 5. The van der Waals surface area contributed by atoms with Gasteiger partial charge in [-0.2, -0.15) is 0 Å². The number of phenols is 2. The summed E-state index contributed by atoms with van der Waals surface area (Å²) in [5.41, 5.74) is -0.221. The summed E-state index contributed by atoms with van der Waals surface area (Å²) in [7, 11) is 6.78. The maximum absolute atomic E-state index is 13.1. The number of benzene rings is 2. The number of hydrogen-bond donors (Lipinski definition) is 2. The fraction of sp³-hybridized carbons (Fsp3) is 0.250. The molecular formula is C20H20O9. The van der Waals surface area contributed by atoms with Gasteiger partial charge in [-0.05, 0) is 12.1 Å². The Labute approximate surface area is 165 Å². The van der Waals surface area contributed by atoms with Gasteiger partial charge in [-0.3, -0.25) is 4.79 Å². The first kappa shape index (κ1) is 20.0. The molecule has 0 unspecified atom stereocenters. The largest absolute Gasteiger partial charge is 0.504 e. The maximum Gasteiger partial charge on any atom is 0.239 e. The van der Waals surface area contributed by atoms with E-state index in [0.29, 0.717) is 5.56 Å². The molecule has 0 spiro atoms. The van der Waals surface area contributed by atoms with Crippen molar-refractivity contribution in [2.24, 2.45) is 0 Å². The lowest BCUT2D eigenvalue weighted by Gasteiger charge is -2.15. The van der Waals surface area contributed by atoms with Crippen molar-refractivity contribution in [2.75, 3.05) is 35.5 Å². The van der Waals surface area contributed by atoms with Gasteiger partial charge in [-0.1, -0.05) is 0 Å². The van der Waals surface area contributed by atoms with Gasteiger partial charge in [0.1, 0.15) is 11.0 Å². The van der Waals surface area contributed by atoms with E-state index in [-0.39, 0.29) is 51.2 Å². The van der Waals surface area contributed by atoms with Crippen molar-refractivity contribution < 1.29 is 38.3 Å². The fourth-order valence-corrected chi connectivity index (χ4v) is 3.03. The van der Waals surface area contributed by atoms with Crippen molar-refractivity contribution in [3.8, 4) is 51.6 Å². The van der Waals surface area contributed by atoms with E-state index >= 15 is 0 Å². The van der Waals surface area contributed by atoms with Crippen molar-refractivity contribution in [3.63, 3.8) is 0 Å². The first-order valence-corrected chi connectivity index (χ1v) is 8.35. The number of rotatable bonds is 6. The Morgan fingerprint density at radius 2 is 1.28 bits per heavy atom. The van der Waals surface area contributed by atoms with E-state index in [9.17, 15) is 15.0 Å². The molecule has 2 aromatic carbocycles. The summed E-state index contributed by atoms with van der Waals surface area (Å²) >= 11 is 0. The molecule has 0 radical (unpaired) electrons. The van der Waals surface area contributed by atoms with E-state index in [1.54, 1.807) is 0 Å². The first-order valence-electron chi connectivity index (χ1n) is 8.35. The highest BCUT2D eigenvalue weighted by atomic mass is 16.5. The highest BCUT2D eigenvalue weighted by Gasteiger charge is 2.25. The monoisotopic (exact) mass is 404 g/mol. The van der Waals surface area contributed by atoms with Crippen LogP contribution in [-0.4, -0.2) is 45.8 Å². The molecule has 0 aliphatic rings. The number of ether oxygens (including phenoxy) is 5. The molecule has 29 heavy (non-hydrogen) atoms. The smallest absolute Gasteiger partial charge is 0.239 e. The third-order valence-corrected chi connectivity index (χ3v) is 4.41. The Balaban J connectivity index is 2.42. The molecule has 0 saturated heterocycles. The van der Waals surface area contributed by atoms with Crippen LogP contribution in [0.1, 0.15) is 0 Å². The minimum Gasteiger partial charge on any atom is -0.504 e. The number of phenolic OH excluding ortho intramolecular Hbond substituents is 2. The van der Waals surface area contributed by atoms with Crippen molar-refractivity contribution in [1.29, 1.82) is 0 Å². The molecule has 0 aliphatic carbocycles. The predicted octanol–water partition coefficient (Wildman–Crippen LogP) is 2.91. The Bertz CT molecular complexity index is 1110. The van der Waals surface area contributed by atoms with Gasteiger partial charge < -0.3 is 38.3 Å². The zero-order chi connectivity index (χ0) is 21.3. The Morgan fingerprint density at radius 1 is 0.724 bits per heavy atom. The van der Waals surface area contributed by atoms with E-state index in [4.69, 9.17) is 28.1 Å². The van der Waals surface area contributed by atoms with Gasteiger partial charge >= 0.3 is 0 Å². The van der Waals surface area contributed by atoms with Crippen LogP contribution in [0.5, 0.6) is 40.2 Å². The van der Waals surface area contributed by atoms with Crippen LogP contribution in [0.4, 0.5) is 0 Å². The van der Waals surface area contributed by atoms with Gasteiger partial charge in [-0.25, -0.2) is 0 Å². The number of fused-ring (bicyclic) bond motifs is 1. The zero-order valence-electron chi connectivity index (χ0n) is 16.5. The second kappa shape index (κ2) is 7.70. The van der Waals surface area contributed by atoms with Crippen molar-refractivity contribution in [2.45, 2.75) is 0 Å². The molecule has 0 saturated carbocycles. The molecule has 9 heteroatoms.